The van der Waals surface area contributed by atoms with Crippen molar-refractivity contribution >= 4 is 19.3 Å². The third kappa shape index (κ3) is 8.15. The Bertz CT molecular complexity index is 403. The Kier molecular flexibility index (Phi) is 7.98. The summed E-state index contributed by atoms with van der Waals surface area (Å²) in [6, 6.07) is 0. The molecule has 18 heteroatoms. The van der Waals surface area contributed by atoms with Crippen LogP contribution in [0.2, 0.25) is 0 Å². The van der Waals surface area contributed by atoms with E-state index in [4.69, 9.17) is 15.1 Å². The lowest BCUT2D eigenvalue weighted by Gasteiger charge is -2.20. The molecule has 24 heavy (non-hydrogen) atoms. The lowest BCUT2D eigenvalue weighted by atomic mass is 10.3. The minimum atomic E-state index is -6.52. The second kappa shape index (κ2) is 7.84. The van der Waals surface area contributed by atoms with Gasteiger partial charge in [-0.25, -0.2) is 9.59 Å². The Morgan fingerprint density at radius 1 is 0.625 bits per heavy atom. The van der Waals surface area contributed by atoms with E-state index in [-0.39, 0.29) is 0 Å². The molecule has 0 aromatic carbocycles. The van der Waals surface area contributed by atoms with Crippen LogP contribution in [-0.4, -0.2) is 58.9 Å². The van der Waals surface area contributed by atoms with Crippen LogP contribution < -0.4 is 0 Å². The molecular weight excluding hydrogens is 385 g/mol. The van der Waals surface area contributed by atoms with Gasteiger partial charge in [0.25, 0.3) is 0 Å². The highest BCUT2D eigenvalue weighted by molar-refractivity contribution is 6.30. The average molecular weight is 388 g/mol. The summed E-state index contributed by atoms with van der Waals surface area (Å²) in [6.45, 7) is 0. The molecule has 0 aliphatic rings. The molecule has 0 bridgehead atoms. The number of hydrogen-bond acceptors (Lipinski definition) is 7. The molecule has 0 fully saturated rings. The standard InChI is InChI=1S/C6F10O4.BH3O3/c7-3(8,9)5(13,14)19-1(17)2(18)20-6(15,16)4(10,11)12;2-1(3)4/h;2-4H. The quantitative estimate of drug-likeness (QED) is 0.271. The molecule has 3 N–H and O–H groups in total. The topological polar surface area (TPSA) is 113 Å². The maximum absolute atomic E-state index is 12.0. The molecule has 0 radical (unpaired) electrons. The van der Waals surface area contributed by atoms with Crippen LogP contribution in [0.3, 0.4) is 0 Å². The summed E-state index contributed by atoms with van der Waals surface area (Å²) >= 11 is 0. The summed E-state index contributed by atoms with van der Waals surface area (Å²) in [5.74, 6) is -6.78. The van der Waals surface area contributed by atoms with Crippen molar-refractivity contribution in [1.29, 1.82) is 0 Å². The molecular formula is C6H3BF10O7. The molecule has 0 atom stereocenters. The van der Waals surface area contributed by atoms with Crippen LogP contribution in [0.25, 0.3) is 0 Å². The zero-order chi connectivity index (χ0) is 20.1. The van der Waals surface area contributed by atoms with E-state index in [9.17, 15) is 53.5 Å². The Hall–Kier alpha value is -1.82. The van der Waals surface area contributed by atoms with E-state index in [1.165, 1.54) is 0 Å². The summed E-state index contributed by atoms with van der Waals surface area (Å²) in [4.78, 5) is 20.5. The third-order valence-electron chi connectivity index (χ3n) is 1.27. The van der Waals surface area contributed by atoms with Gasteiger partial charge in [0, 0.05) is 0 Å². The molecule has 0 spiro atoms. The maximum atomic E-state index is 12.0. The molecule has 7 nitrogen and oxygen atoms in total. The first-order valence-electron chi connectivity index (χ1n) is 4.64. The fourth-order valence-corrected chi connectivity index (χ4v) is 0.432. The predicted molar refractivity (Wildman–Crippen MR) is 46.6 cm³/mol. The lowest BCUT2D eigenvalue weighted by molar-refractivity contribution is -0.384. The minimum absolute atomic E-state index is 2.15. The van der Waals surface area contributed by atoms with Crippen LogP contribution in [-0.2, 0) is 19.1 Å². The molecule has 0 aromatic heterocycles. The summed E-state index contributed by atoms with van der Waals surface area (Å²) < 4.78 is 121. The molecule has 0 heterocycles. The van der Waals surface area contributed by atoms with Crippen LogP contribution in [0.5, 0.6) is 0 Å². The number of carbonyl (C=O) groups is 2. The number of alkyl halides is 10. The van der Waals surface area contributed by atoms with Gasteiger partial charge >= 0.3 is 43.8 Å². The Morgan fingerprint density at radius 2 is 0.792 bits per heavy atom. The van der Waals surface area contributed by atoms with Crippen molar-refractivity contribution in [2.24, 2.45) is 0 Å². The van der Waals surface area contributed by atoms with Crippen molar-refractivity contribution in [3.63, 3.8) is 0 Å². The van der Waals surface area contributed by atoms with Crippen LogP contribution in [0.15, 0.2) is 0 Å². The van der Waals surface area contributed by atoms with Crippen molar-refractivity contribution < 1.29 is 78.0 Å². The largest absolute Gasteiger partial charge is 0.631 e. The highest BCUT2D eigenvalue weighted by Crippen LogP contribution is 2.38. The van der Waals surface area contributed by atoms with Gasteiger partial charge in [0.15, 0.2) is 0 Å². The van der Waals surface area contributed by atoms with Gasteiger partial charge in [0.2, 0.25) is 0 Å². The smallest absolute Gasteiger partial charge is 0.402 e. The normalized spacial score (nSPS) is 12.7. The predicted octanol–water partition coefficient (Wildman–Crippen LogP) is 0.331. The first-order chi connectivity index (χ1) is 10.2. The molecule has 0 saturated carbocycles. The number of carbonyl (C=O) groups excluding carboxylic acids is 2. The van der Waals surface area contributed by atoms with Crippen molar-refractivity contribution in [2.75, 3.05) is 0 Å². The zero-order valence-corrected chi connectivity index (χ0v) is 10.3. The lowest BCUT2D eigenvalue weighted by Crippen LogP contribution is -2.46. The number of hydrogen-bond donors (Lipinski definition) is 3. The molecule has 142 valence electrons. The molecule has 0 aliphatic heterocycles. The SMILES string of the molecule is O=C(OC(F)(F)C(F)(F)F)C(=O)OC(F)(F)C(F)(F)F.OB(O)O. The molecule has 0 unspecified atom stereocenters. The van der Waals surface area contributed by atoms with Gasteiger partial charge in [-0.15, -0.1) is 0 Å². The van der Waals surface area contributed by atoms with Crippen LogP contribution >= 0.6 is 0 Å². The number of rotatable bonds is 2. The van der Waals surface area contributed by atoms with Gasteiger partial charge in [0.05, 0.1) is 0 Å². The summed E-state index contributed by atoms with van der Waals surface area (Å²) in [6.07, 6.45) is -25.6. The number of esters is 2. The van der Waals surface area contributed by atoms with Crippen LogP contribution in [0.4, 0.5) is 43.9 Å². The number of halogens is 10. The van der Waals surface area contributed by atoms with Crippen LogP contribution in [0.1, 0.15) is 0 Å². The average Bonchev–Trinajstić information content (AvgIpc) is 2.23. The van der Waals surface area contributed by atoms with Crippen molar-refractivity contribution in [3.8, 4) is 0 Å². The van der Waals surface area contributed by atoms with E-state index in [0.29, 0.717) is 0 Å². The zero-order valence-electron chi connectivity index (χ0n) is 10.3. The van der Waals surface area contributed by atoms with Crippen molar-refractivity contribution in [1.82, 2.24) is 0 Å². The fourth-order valence-electron chi connectivity index (χ4n) is 0.432. The first-order valence-corrected chi connectivity index (χ1v) is 4.64. The van der Waals surface area contributed by atoms with E-state index in [1.54, 1.807) is 0 Å². The van der Waals surface area contributed by atoms with Gasteiger partial charge in [-0.05, 0) is 0 Å². The highest BCUT2D eigenvalue weighted by Gasteiger charge is 2.65. The Morgan fingerprint density at radius 3 is 0.917 bits per heavy atom. The van der Waals surface area contributed by atoms with Gasteiger partial charge < -0.3 is 24.5 Å². The molecule has 0 aromatic rings. The van der Waals surface area contributed by atoms with Gasteiger partial charge in [-0.3, -0.25) is 0 Å². The minimum Gasteiger partial charge on any atom is -0.402 e. The Balaban J connectivity index is 0. The second-order valence-electron chi connectivity index (χ2n) is 3.15. The fraction of sp³-hybridized carbons (Fsp3) is 0.667. The second-order valence-corrected chi connectivity index (χ2v) is 3.15. The van der Waals surface area contributed by atoms with Gasteiger partial charge in [-0.2, -0.15) is 43.9 Å². The van der Waals surface area contributed by atoms with Gasteiger partial charge in [0.1, 0.15) is 0 Å². The van der Waals surface area contributed by atoms with E-state index in [2.05, 4.69) is 9.47 Å². The van der Waals surface area contributed by atoms with E-state index < -0.39 is 43.8 Å². The van der Waals surface area contributed by atoms with E-state index in [0.717, 1.165) is 0 Å². The van der Waals surface area contributed by atoms with Crippen molar-refractivity contribution in [3.05, 3.63) is 0 Å². The van der Waals surface area contributed by atoms with E-state index >= 15 is 0 Å². The first kappa shape index (κ1) is 24.4. The number of ether oxygens (including phenoxy) is 2. The van der Waals surface area contributed by atoms with Gasteiger partial charge in [-0.1, -0.05) is 0 Å². The summed E-state index contributed by atoms with van der Waals surface area (Å²) in [5, 5.41) is 21.5. The molecule has 0 saturated heterocycles. The highest BCUT2D eigenvalue weighted by atomic mass is 19.4. The molecule has 0 rings (SSSR count). The Labute approximate surface area is 123 Å². The summed E-state index contributed by atoms with van der Waals surface area (Å²) in [5.41, 5.74) is 0. The maximum Gasteiger partial charge on any atom is 0.631 e. The molecule has 0 aliphatic carbocycles. The van der Waals surface area contributed by atoms with Crippen molar-refractivity contribution in [2.45, 2.75) is 24.6 Å². The van der Waals surface area contributed by atoms with Crippen LogP contribution in [0, 0.1) is 0 Å². The summed E-state index contributed by atoms with van der Waals surface area (Å²) in [7, 11) is -2.17. The van der Waals surface area contributed by atoms with E-state index in [1.807, 2.05) is 0 Å². The third-order valence-corrected chi connectivity index (χ3v) is 1.27. The molecule has 0 amide bonds. The monoisotopic (exact) mass is 388 g/mol.